The Hall–Kier alpha value is -6.39. The molecule has 64 heavy (non-hydrogen) atoms. The third-order valence-electron chi connectivity index (χ3n) is 9.69. The molecule has 2 amide bonds. The van der Waals surface area contributed by atoms with Crippen molar-refractivity contribution in [2.45, 2.75) is 39.4 Å². The third kappa shape index (κ3) is 17.4. The van der Waals surface area contributed by atoms with E-state index in [0.717, 1.165) is 56.4 Å². The number of benzene rings is 4. The van der Waals surface area contributed by atoms with E-state index in [2.05, 4.69) is 4.98 Å². The lowest BCUT2D eigenvalue weighted by Crippen LogP contribution is -2.31. The van der Waals surface area contributed by atoms with Crippen molar-refractivity contribution < 1.29 is 57.0 Å². The number of carbonyl (C=O) groups is 2. The number of carbonyl (C=O) groups excluding carboxylic acids is 2. The molecule has 0 spiro atoms. The summed E-state index contributed by atoms with van der Waals surface area (Å²) in [7, 11) is 6.46. The number of aromatic nitrogens is 1. The van der Waals surface area contributed by atoms with E-state index in [1.165, 1.54) is 0 Å². The average molecular weight is 882 g/mol. The summed E-state index contributed by atoms with van der Waals surface area (Å²) in [6.45, 7) is 4.18. The fraction of sp³-hybridized carbons (Fsp3) is 0.367. The van der Waals surface area contributed by atoms with Crippen LogP contribution in [0.4, 0.5) is 9.59 Å². The lowest BCUT2D eigenvalue weighted by atomic mass is 10.1. The predicted octanol–water partition coefficient (Wildman–Crippen LogP) is 7.86. The Labute approximate surface area is 375 Å². The molecule has 0 fully saturated rings. The van der Waals surface area contributed by atoms with Gasteiger partial charge in [0.1, 0.15) is 36.2 Å². The second-order valence-electron chi connectivity index (χ2n) is 14.4. The molecule has 0 radical (unpaired) electrons. The van der Waals surface area contributed by atoms with Gasteiger partial charge in [-0.05, 0) is 88.0 Å². The Morgan fingerprint density at radius 2 is 0.672 bits per heavy atom. The minimum absolute atomic E-state index is 0.0991. The van der Waals surface area contributed by atoms with Crippen LogP contribution in [0.15, 0.2) is 116 Å². The van der Waals surface area contributed by atoms with Crippen LogP contribution in [0.25, 0.3) is 0 Å². The van der Waals surface area contributed by atoms with Crippen molar-refractivity contribution in [2.24, 2.45) is 0 Å². The molecule has 342 valence electrons. The fourth-order valence-electron chi connectivity index (χ4n) is 6.25. The predicted molar refractivity (Wildman–Crippen MR) is 238 cm³/mol. The Balaban J connectivity index is 0.926. The van der Waals surface area contributed by atoms with E-state index in [1.807, 2.05) is 103 Å². The molecular weight excluding hydrogens is 823 g/mol. The Bertz CT molecular complexity index is 1840. The smallest absolute Gasteiger partial charge is 0.410 e. The summed E-state index contributed by atoms with van der Waals surface area (Å²) in [6, 6.07) is 32.3. The van der Waals surface area contributed by atoms with Crippen LogP contribution < -0.4 is 18.9 Å². The molecule has 0 aliphatic heterocycles. The van der Waals surface area contributed by atoms with E-state index in [4.69, 9.17) is 47.4 Å². The number of ether oxygens (including phenoxy) is 10. The lowest BCUT2D eigenvalue weighted by Gasteiger charge is -2.23. The van der Waals surface area contributed by atoms with Gasteiger partial charge in [0, 0.05) is 38.6 Å². The molecule has 0 N–H and O–H groups in total. The van der Waals surface area contributed by atoms with Crippen molar-refractivity contribution in [3.05, 3.63) is 149 Å². The number of hydrogen-bond donors (Lipinski definition) is 0. The van der Waals surface area contributed by atoms with Gasteiger partial charge in [-0.3, -0.25) is 14.8 Å². The first-order valence-corrected chi connectivity index (χ1v) is 20.9. The zero-order valence-corrected chi connectivity index (χ0v) is 37.1. The van der Waals surface area contributed by atoms with Crippen molar-refractivity contribution in [2.75, 3.05) is 81.3 Å². The zero-order valence-electron chi connectivity index (χ0n) is 37.1. The maximum absolute atomic E-state index is 13.1. The quantitative estimate of drug-likeness (QED) is 0.0450. The minimum atomic E-state index is -0.444. The Kier molecular flexibility index (Phi) is 21.0. The minimum Gasteiger partial charge on any atom is -0.497 e. The number of nitrogens with zero attached hydrogens (tertiary/aromatic N) is 3. The van der Waals surface area contributed by atoms with Crippen LogP contribution in [0, 0.1) is 0 Å². The van der Waals surface area contributed by atoms with E-state index >= 15 is 0 Å². The molecule has 0 saturated carbocycles. The molecule has 0 saturated heterocycles. The lowest BCUT2D eigenvalue weighted by molar-refractivity contribution is 0.0159. The van der Waals surface area contributed by atoms with E-state index < -0.39 is 12.2 Å². The van der Waals surface area contributed by atoms with Crippen molar-refractivity contribution in [1.82, 2.24) is 14.8 Å². The van der Waals surface area contributed by atoms with Gasteiger partial charge >= 0.3 is 12.2 Å². The maximum Gasteiger partial charge on any atom is 0.410 e. The first kappa shape index (κ1) is 48.6. The second-order valence-corrected chi connectivity index (χ2v) is 14.4. The highest BCUT2D eigenvalue weighted by Gasteiger charge is 2.18. The molecule has 0 atom stereocenters. The molecule has 0 unspecified atom stereocenters. The standard InChI is InChI=1S/C49H59N3O12/c1-55-44-13-5-38(6-14-44)32-51(33-39-7-15-45(56-2)16-8-39)48(53)63-27-25-59-21-23-61-36-42-29-43(31-50-30-42)37-62-24-22-60-26-28-64-49(54)52(34-40-9-17-46(57-3)18-10-40)35-41-11-19-47(58-4)20-12-41/h5-20,29-31H,21-28,32-37H2,1-4H3. The summed E-state index contributed by atoms with van der Waals surface area (Å²) in [4.78, 5) is 33.9. The molecule has 5 rings (SSSR count). The summed E-state index contributed by atoms with van der Waals surface area (Å²) in [5.41, 5.74) is 5.57. The van der Waals surface area contributed by atoms with Gasteiger partial charge in [0.15, 0.2) is 0 Å². The molecular formula is C49H59N3O12. The molecule has 4 aromatic carbocycles. The first-order valence-electron chi connectivity index (χ1n) is 20.9. The van der Waals surface area contributed by atoms with Gasteiger partial charge in [-0.25, -0.2) is 9.59 Å². The van der Waals surface area contributed by atoms with Gasteiger partial charge in [-0.15, -0.1) is 0 Å². The number of methoxy groups -OCH3 is 4. The molecule has 5 aromatic rings. The summed E-state index contributed by atoms with van der Waals surface area (Å²) >= 11 is 0. The molecule has 1 heterocycles. The van der Waals surface area contributed by atoms with E-state index in [0.29, 0.717) is 65.8 Å². The molecule has 15 nitrogen and oxygen atoms in total. The van der Waals surface area contributed by atoms with Crippen LogP contribution in [0.5, 0.6) is 23.0 Å². The molecule has 15 heteroatoms. The van der Waals surface area contributed by atoms with E-state index in [9.17, 15) is 9.59 Å². The van der Waals surface area contributed by atoms with Gasteiger partial charge in [0.25, 0.3) is 0 Å². The third-order valence-corrected chi connectivity index (χ3v) is 9.69. The van der Waals surface area contributed by atoms with Crippen LogP contribution in [0.3, 0.4) is 0 Å². The van der Waals surface area contributed by atoms with Crippen LogP contribution in [-0.2, 0) is 67.8 Å². The highest BCUT2D eigenvalue weighted by Crippen LogP contribution is 2.20. The average Bonchev–Trinajstić information content (AvgIpc) is 3.33. The van der Waals surface area contributed by atoms with E-state index in [-0.39, 0.29) is 26.4 Å². The zero-order chi connectivity index (χ0) is 45.2. The van der Waals surface area contributed by atoms with E-state index in [1.54, 1.807) is 50.6 Å². The summed E-state index contributed by atoms with van der Waals surface area (Å²) in [5, 5.41) is 0. The van der Waals surface area contributed by atoms with Crippen LogP contribution in [-0.4, -0.2) is 108 Å². The summed E-state index contributed by atoms with van der Waals surface area (Å²) in [5.74, 6) is 2.97. The Morgan fingerprint density at radius 3 is 0.969 bits per heavy atom. The van der Waals surface area contributed by atoms with Crippen LogP contribution >= 0.6 is 0 Å². The van der Waals surface area contributed by atoms with Crippen LogP contribution in [0.1, 0.15) is 33.4 Å². The number of amides is 2. The second kappa shape index (κ2) is 27.6. The molecule has 1 aromatic heterocycles. The topological polar surface area (TPSA) is 146 Å². The number of rotatable bonds is 28. The van der Waals surface area contributed by atoms with Crippen molar-refractivity contribution in [3.63, 3.8) is 0 Å². The maximum atomic E-state index is 13.1. The van der Waals surface area contributed by atoms with Gasteiger partial charge in [0.2, 0.25) is 0 Å². The number of pyridine rings is 1. The fourth-order valence-corrected chi connectivity index (χ4v) is 6.25. The Morgan fingerprint density at radius 1 is 0.391 bits per heavy atom. The van der Waals surface area contributed by atoms with Crippen molar-refractivity contribution in [3.8, 4) is 23.0 Å². The summed E-state index contributed by atoms with van der Waals surface area (Å²) < 4.78 is 55.1. The van der Waals surface area contributed by atoms with Crippen molar-refractivity contribution >= 4 is 12.2 Å². The SMILES string of the molecule is COc1ccc(CN(Cc2ccc(OC)cc2)C(=O)OCCOCCOCc2cncc(COCCOCCOC(=O)N(Cc3ccc(OC)cc3)Cc3ccc(OC)cc3)c2)cc1. The van der Waals surface area contributed by atoms with Crippen molar-refractivity contribution in [1.29, 1.82) is 0 Å². The molecule has 0 bridgehead atoms. The number of hydrogen-bond acceptors (Lipinski definition) is 13. The van der Waals surface area contributed by atoms with Crippen LogP contribution in [0.2, 0.25) is 0 Å². The highest BCUT2D eigenvalue weighted by molar-refractivity contribution is 5.68. The largest absolute Gasteiger partial charge is 0.497 e. The highest BCUT2D eigenvalue weighted by atomic mass is 16.6. The van der Waals surface area contributed by atoms with Gasteiger partial charge in [-0.1, -0.05) is 48.5 Å². The monoisotopic (exact) mass is 881 g/mol. The normalized spacial score (nSPS) is 10.8. The van der Waals surface area contributed by atoms with Gasteiger partial charge < -0.3 is 47.4 Å². The van der Waals surface area contributed by atoms with Gasteiger partial charge in [0.05, 0.1) is 81.3 Å². The van der Waals surface area contributed by atoms with Gasteiger partial charge in [-0.2, -0.15) is 0 Å². The first-order chi connectivity index (χ1) is 31.3. The summed E-state index contributed by atoms with van der Waals surface area (Å²) in [6.07, 6.45) is 2.60. The molecule has 0 aliphatic carbocycles. The molecule has 0 aliphatic rings.